The zero-order chi connectivity index (χ0) is 10.2. The lowest BCUT2D eigenvalue weighted by molar-refractivity contribution is -0.142. The van der Waals surface area contributed by atoms with Crippen LogP contribution in [0.4, 0.5) is 13.2 Å². The third kappa shape index (κ3) is 1.77. The van der Waals surface area contributed by atoms with Crippen LogP contribution in [0.3, 0.4) is 0 Å². The van der Waals surface area contributed by atoms with E-state index >= 15 is 0 Å². The molecule has 70 valence electrons. The second-order valence-corrected chi connectivity index (χ2v) is 3.32. The monoisotopic (exact) mass is 301 g/mol. The van der Waals surface area contributed by atoms with Crippen molar-refractivity contribution in [1.29, 1.82) is 5.26 Å². The average molecular weight is 301 g/mol. The van der Waals surface area contributed by atoms with E-state index in [0.29, 0.717) is 0 Å². The second-order valence-electron chi connectivity index (χ2n) is 2.24. The molecule has 0 saturated heterocycles. The van der Waals surface area contributed by atoms with Gasteiger partial charge in [-0.05, 0) is 22.6 Å². The van der Waals surface area contributed by atoms with E-state index in [1.807, 2.05) is 0 Å². The molecule has 0 radical (unpaired) electrons. The maximum atomic E-state index is 12.2. The lowest BCUT2D eigenvalue weighted by Gasteiger charge is -2.00. The Bertz CT molecular complexity index is 374. The highest BCUT2D eigenvalue weighted by molar-refractivity contribution is 14.1. The summed E-state index contributed by atoms with van der Waals surface area (Å²) in [4.78, 5) is 0. The summed E-state index contributed by atoms with van der Waals surface area (Å²) in [5, 5.41) is 11.7. The molecule has 0 aromatic carbocycles. The molecule has 0 spiro atoms. The van der Waals surface area contributed by atoms with Crippen molar-refractivity contribution in [3.8, 4) is 6.07 Å². The van der Waals surface area contributed by atoms with Gasteiger partial charge in [0.1, 0.15) is 6.07 Å². The molecule has 0 fully saturated rings. The zero-order valence-corrected chi connectivity index (χ0v) is 8.51. The second kappa shape index (κ2) is 3.17. The van der Waals surface area contributed by atoms with Crippen LogP contribution in [0.25, 0.3) is 0 Å². The Kier molecular flexibility index (Phi) is 2.51. The molecule has 3 nitrogen and oxygen atoms in total. The normalized spacial score (nSPS) is 11.4. The van der Waals surface area contributed by atoms with Crippen LogP contribution in [0, 0.1) is 14.9 Å². The maximum Gasteiger partial charge on any atom is 0.436 e. The third-order valence-corrected chi connectivity index (χ3v) is 2.39. The standard InChI is InChI=1S/C6H3F3IN3/c1-13-3(2-11)4(10)5(12-13)6(7,8)9/h1H3. The zero-order valence-electron chi connectivity index (χ0n) is 6.35. The molecule has 0 aliphatic rings. The van der Waals surface area contributed by atoms with Gasteiger partial charge in [0.15, 0.2) is 11.4 Å². The summed E-state index contributed by atoms with van der Waals surface area (Å²) in [5.74, 6) is 0. The molecule has 0 unspecified atom stereocenters. The van der Waals surface area contributed by atoms with Crippen molar-refractivity contribution in [3.05, 3.63) is 15.0 Å². The fraction of sp³-hybridized carbons (Fsp3) is 0.333. The van der Waals surface area contributed by atoms with Gasteiger partial charge in [-0.3, -0.25) is 4.68 Å². The van der Waals surface area contributed by atoms with Crippen molar-refractivity contribution in [3.63, 3.8) is 0 Å². The number of alkyl halides is 3. The average Bonchev–Trinajstić information content (AvgIpc) is 2.25. The fourth-order valence-corrected chi connectivity index (χ4v) is 1.68. The van der Waals surface area contributed by atoms with E-state index in [-0.39, 0.29) is 9.26 Å². The van der Waals surface area contributed by atoms with E-state index in [1.54, 1.807) is 6.07 Å². The van der Waals surface area contributed by atoms with Crippen molar-refractivity contribution >= 4 is 22.6 Å². The number of aromatic nitrogens is 2. The number of rotatable bonds is 0. The molecule has 7 heteroatoms. The van der Waals surface area contributed by atoms with Gasteiger partial charge in [-0.15, -0.1) is 0 Å². The molecule has 13 heavy (non-hydrogen) atoms. The van der Waals surface area contributed by atoms with Crippen LogP contribution in [0.2, 0.25) is 0 Å². The van der Waals surface area contributed by atoms with E-state index in [2.05, 4.69) is 5.10 Å². The van der Waals surface area contributed by atoms with Gasteiger partial charge in [0.25, 0.3) is 0 Å². The molecule has 0 bridgehead atoms. The molecule has 1 heterocycles. The lowest BCUT2D eigenvalue weighted by Crippen LogP contribution is -2.08. The SMILES string of the molecule is Cn1nc(C(F)(F)F)c(I)c1C#N. The summed E-state index contributed by atoms with van der Waals surface area (Å²) in [6, 6.07) is 1.65. The number of halogens is 4. The van der Waals surface area contributed by atoms with E-state index in [1.165, 1.54) is 29.6 Å². The van der Waals surface area contributed by atoms with Crippen LogP contribution in [0.15, 0.2) is 0 Å². The predicted molar refractivity (Wildman–Crippen MR) is 45.6 cm³/mol. The Morgan fingerprint density at radius 1 is 1.54 bits per heavy atom. The van der Waals surface area contributed by atoms with Crippen LogP contribution >= 0.6 is 22.6 Å². The molecule has 1 aromatic heterocycles. The quantitative estimate of drug-likeness (QED) is 0.687. The van der Waals surface area contributed by atoms with Gasteiger partial charge >= 0.3 is 6.18 Å². The molecule has 0 saturated carbocycles. The largest absolute Gasteiger partial charge is 0.436 e. The van der Waals surface area contributed by atoms with E-state index in [9.17, 15) is 13.2 Å². The molecular formula is C6H3F3IN3. The first-order valence-corrected chi connectivity index (χ1v) is 4.15. The highest BCUT2D eigenvalue weighted by Gasteiger charge is 2.38. The predicted octanol–water partition coefficient (Wildman–Crippen LogP) is 1.92. The number of hydrogen-bond donors (Lipinski definition) is 0. The van der Waals surface area contributed by atoms with Crippen LogP contribution in [0.1, 0.15) is 11.4 Å². The highest BCUT2D eigenvalue weighted by Crippen LogP contribution is 2.32. The van der Waals surface area contributed by atoms with Crippen LogP contribution < -0.4 is 0 Å². The molecule has 0 aliphatic heterocycles. The summed E-state index contributed by atoms with van der Waals surface area (Å²) in [5.41, 5.74) is -1.08. The Labute approximate surface area is 85.3 Å². The number of hydrogen-bond acceptors (Lipinski definition) is 2. The van der Waals surface area contributed by atoms with Crippen molar-refractivity contribution in [1.82, 2.24) is 9.78 Å². The smallest absolute Gasteiger partial charge is 0.256 e. The molecule has 0 atom stereocenters. The van der Waals surface area contributed by atoms with Gasteiger partial charge < -0.3 is 0 Å². The van der Waals surface area contributed by atoms with Crippen LogP contribution in [0.5, 0.6) is 0 Å². The molecule has 0 amide bonds. The Balaban J connectivity index is 3.37. The minimum absolute atomic E-state index is 0.0760. The summed E-state index contributed by atoms with van der Waals surface area (Å²) in [6.45, 7) is 0. The van der Waals surface area contributed by atoms with Crippen molar-refractivity contribution in [2.45, 2.75) is 6.18 Å². The molecule has 0 aliphatic carbocycles. The maximum absolute atomic E-state index is 12.2. The third-order valence-electron chi connectivity index (χ3n) is 1.36. The first-order chi connectivity index (χ1) is 5.88. The van der Waals surface area contributed by atoms with Gasteiger partial charge in [0.05, 0.1) is 3.57 Å². The fourth-order valence-electron chi connectivity index (χ4n) is 0.801. The molecule has 1 aromatic rings. The van der Waals surface area contributed by atoms with Gasteiger partial charge in [0.2, 0.25) is 0 Å². The van der Waals surface area contributed by atoms with Gasteiger partial charge in [-0.1, -0.05) is 0 Å². The summed E-state index contributed by atoms with van der Waals surface area (Å²) >= 11 is 1.46. The van der Waals surface area contributed by atoms with Crippen LogP contribution in [-0.2, 0) is 13.2 Å². The van der Waals surface area contributed by atoms with Gasteiger partial charge in [-0.2, -0.15) is 23.5 Å². The number of nitrogens with zero attached hydrogens (tertiary/aromatic N) is 3. The van der Waals surface area contributed by atoms with E-state index in [4.69, 9.17) is 5.26 Å². The van der Waals surface area contributed by atoms with Gasteiger partial charge in [0, 0.05) is 7.05 Å². The van der Waals surface area contributed by atoms with E-state index < -0.39 is 11.9 Å². The highest BCUT2D eigenvalue weighted by atomic mass is 127. The minimum atomic E-state index is -4.50. The first-order valence-electron chi connectivity index (χ1n) is 3.07. The molecular weight excluding hydrogens is 298 g/mol. The molecule has 1 rings (SSSR count). The number of nitriles is 1. The van der Waals surface area contributed by atoms with Crippen molar-refractivity contribution < 1.29 is 13.2 Å². The Hall–Kier alpha value is -0.780. The number of aryl methyl sites for hydroxylation is 1. The lowest BCUT2D eigenvalue weighted by atomic mass is 10.3. The van der Waals surface area contributed by atoms with Gasteiger partial charge in [-0.25, -0.2) is 0 Å². The Morgan fingerprint density at radius 3 is 2.31 bits per heavy atom. The van der Waals surface area contributed by atoms with E-state index in [0.717, 1.165) is 4.68 Å². The van der Waals surface area contributed by atoms with Crippen molar-refractivity contribution in [2.24, 2.45) is 7.05 Å². The summed E-state index contributed by atoms with van der Waals surface area (Å²) in [6.07, 6.45) is -4.50. The minimum Gasteiger partial charge on any atom is -0.256 e. The summed E-state index contributed by atoms with van der Waals surface area (Å²) in [7, 11) is 1.30. The first kappa shape index (κ1) is 10.3. The summed E-state index contributed by atoms with van der Waals surface area (Å²) < 4.78 is 37.3. The topological polar surface area (TPSA) is 41.6 Å². The Morgan fingerprint density at radius 2 is 2.08 bits per heavy atom. The molecule has 0 N–H and O–H groups in total. The van der Waals surface area contributed by atoms with Crippen molar-refractivity contribution in [2.75, 3.05) is 0 Å². The van der Waals surface area contributed by atoms with Crippen LogP contribution in [-0.4, -0.2) is 9.78 Å².